The van der Waals surface area contributed by atoms with E-state index in [0.717, 1.165) is 38.5 Å². The van der Waals surface area contributed by atoms with Crippen LogP contribution in [0.2, 0.25) is 0 Å². The van der Waals surface area contributed by atoms with Gasteiger partial charge in [-0.25, -0.2) is 9.59 Å². The molecule has 262 valence electrons. The first kappa shape index (κ1) is 36.5. The lowest BCUT2D eigenvalue weighted by Crippen LogP contribution is -2.45. The molecule has 0 amide bonds. The van der Waals surface area contributed by atoms with Gasteiger partial charge in [-0.15, -0.1) is 0 Å². The van der Waals surface area contributed by atoms with Gasteiger partial charge in [-0.05, 0) is 76.6 Å². The average molecular weight is 675 g/mol. The van der Waals surface area contributed by atoms with E-state index in [1.54, 1.807) is 62.4 Å². The quantitative estimate of drug-likeness (QED) is 0.202. The first-order valence-corrected chi connectivity index (χ1v) is 17.1. The second kappa shape index (κ2) is 18.9. The van der Waals surface area contributed by atoms with Crippen LogP contribution in [0.3, 0.4) is 0 Å². The van der Waals surface area contributed by atoms with Crippen molar-refractivity contribution < 1.29 is 47.5 Å². The Morgan fingerprint density at radius 1 is 0.673 bits per heavy atom. The smallest absolute Gasteiger partial charge is 0.338 e. The highest BCUT2D eigenvalue weighted by Gasteiger charge is 2.51. The van der Waals surface area contributed by atoms with Crippen molar-refractivity contribution in [3.63, 3.8) is 0 Å². The third-order valence-electron chi connectivity index (χ3n) is 8.25. The lowest BCUT2D eigenvalue weighted by molar-refractivity contribution is -0.160. The Balaban J connectivity index is 1.35. The summed E-state index contributed by atoms with van der Waals surface area (Å²) in [6.45, 7) is 5.21. The molecule has 3 aliphatic rings. The molecule has 3 fully saturated rings. The van der Waals surface area contributed by atoms with Crippen molar-refractivity contribution in [1.29, 1.82) is 0 Å². The predicted molar refractivity (Wildman–Crippen MR) is 179 cm³/mol. The molecule has 0 N–H and O–H groups in total. The molecule has 6 atom stereocenters. The van der Waals surface area contributed by atoms with Crippen molar-refractivity contribution in [1.82, 2.24) is 0 Å². The van der Waals surface area contributed by atoms with Gasteiger partial charge in [-0.3, -0.25) is 0 Å². The van der Waals surface area contributed by atoms with E-state index in [2.05, 4.69) is 23.7 Å². The van der Waals surface area contributed by atoms with E-state index < -0.39 is 42.1 Å². The summed E-state index contributed by atoms with van der Waals surface area (Å²) in [5.74, 6) is 10.1. The summed E-state index contributed by atoms with van der Waals surface area (Å²) in [6.07, 6.45) is 2.06. The molecule has 2 unspecified atom stereocenters. The molecular formula is C39H46O10. The molecule has 10 heteroatoms. The predicted octanol–water partition coefficient (Wildman–Crippen LogP) is 5.83. The van der Waals surface area contributed by atoms with Gasteiger partial charge < -0.3 is 37.9 Å². The van der Waals surface area contributed by atoms with Crippen LogP contribution in [0.5, 0.6) is 0 Å². The number of hydrogen-bond acceptors (Lipinski definition) is 10. The van der Waals surface area contributed by atoms with Crippen LogP contribution in [0.15, 0.2) is 60.7 Å². The molecule has 0 radical (unpaired) electrons. The zero-order chi connectivity index (χ0) is 34.3. The number of benzene rings is 2. The Kier molecular flexibility index (Phi) is 14.1. The van der Waals surface area contributed by atoms with Gasteiger partial charge in [0.25, 0.3) is 0 Å². The molecule has 3 saturated heterocycles. The fourth-order valence-electron chi connectivity index (χ4n) is 5.80. The zero-order valence-electron chi connectivity index (χ0n) is 28.3. The summed E-state index contributed by atoms with van der Waals surface area (Å²) < 4.78 is 47.7. The Bertz CT molecular complexity index is 1330. The second-order valence-corrected chi connectivity index (χ2v) is 12.5. The number of hydrogen-bond donors (Lipinski definition) is 0. The Hall–Kier alpha value is -3.74. The molecule has 3 aliphatic heterocycles. The van der Waals surface area contributed by atoms with Crippen molar-refractivity contribution in [2.45, 2.75) is 108 Å². The first-order chi connectivity index (χ1) is 23.9. The highest BCUT2D eigenvalue weighted by Crippen LogP contribution is 2.36. The summed E-state index contributed by atoms with van der Waals surface area (Å²) in [4.78, 5) is 26.7. The van der Waals surface area contributed by atoms with E-state index in [1.165, 1.54) is 0 Å². The number of carbonyl (C=O) groups is 2. The molecule has 49 heavy (non-hydrogen) atoms. The molecule has 0 saturated carbocycles. The van der Waals surface area contributed by atoms with Crippen molar-refractivity contribution in [3.8, 4) is 23.7 Å². The number of ether oxygens (including phenoxy) is 8. The molecule has 3 heterocycles. The lowest BCUT2D eigenvalue weighted by atomic mass is 9.98. The maximum absolute atomic E-state index is 13.3. The second-order valence-electron chi connectivity index (χ2n) is 12.5. The molecule has 2 aromatic rings. The number of carbonyl (C=O) groups excluding carboxylic acids is 2. The topological polar surface area (TPSA) is 108 Å². The third-order valence-corrected chi connectivity index (χ3v) is 8.25. The van der Waals surface area contributed by atoms with E-state index in [9.17, 15) is 9.59 Å². The Morgan fingerprint density at radius 3 is 1.49 bits per heavy atom. The van der Waals surface area contributed by atoms with Gasteiger partial charge >= 0.3 is 11.9 Å². The van der Waals surface area contributed by atoms with Gasteiger partial charge in [-0.2, -0.15) is 0 Å². The molecule has 5 rings (SSSR count). The van der Waals surface area contributed by atoms with E-state index >= 15 is 0 Å². The maximum Gasteiger partial charge on any atom is 0.338 e. The molecule has 0 bridgehead atoms. The SMILES string of the molecule is CC1(C)O[C@@H]([C@H](CC#CCOC2CCCCO2)OC(=O)c2ccccc2)[C@H]([C@H](CC#CCOC2CCCCO2)OC(=O)c2ccccc2)O1. The van der Waals surface area contributed by atoms with Crippen molar-refractivity contribution in [2.75, 3.05) is 26.4 Å². The van der Waals surface area contributed by atoms with Crippen LogP contribution in [-0.4, -0.2) is 81.1 Å². The van der Waals surface area contributed by atoms with Crippen LogP contribution in [0.1, 0.15) is 85.9 Å². The standard InChI is InChI=1S/C39H46O10/c1-39(2)48-35(31(46-37(40)29-17-5-3-6-18-29)21-9-13-25-42-33-23-11-15-27-44-33)36(49-39)32(47-38(41)30-19-7-4-8-20-30)22-10-14-26-43-34-24-12-16-28-45-34/h3-8,17-20,31-36H,11-12,15-16,21-28H2,1-2H3/t31-,32-,33?,34?,35-,36-/m0/s1. The fourth-order valence-corrected chi connectivity index (χ4v) is 5.80. The average Bonchev–Trinajstić information content (AvgIpc) is 3.46. The minimum Gasteiger partial charge on any atom is -0.455 e. The largest absolute Gasteiger partial charge is 0.455 e. The van der Waals surface area contributed by atoms with E-state index in [-0.39, 0.29) is 38.6 Å². The van der Waals surface area contributed by atoms with Crippen LogP contribution in [0, 0.1) is 23.7 Å². The molecule has 2 aromatic carbocycles. The van der Waals surface area contributed by atoms with Crippen molar-refractivity contribution in [3.05, 3.63) is 71.8 Å². The van der Waals surface area contributed by atoms with E-state index in [1.807, 2.05) is 12.1 Å². The monoisotopic (exact) mass is 674 g/mol. The van der Waals surface area contributed by atoms with Crippen LogP contribution >= 0.6 is 0 Å². The van der Waals surface area contributed by atoms with Gasteiger partial charge in [0, 0.05) is 26.1 Å². The Labute approximate surface area is 289 Å². The molecule has 0 aromatic heterocycles. The lowest BCUT2D eigenvalue weighted by Gasteiger charge is -2.29. The minimum absolute atomic E-state index is 0.119. The molecule has 0 spiro atoms. The molecule has 10 nitrogen and oxygen atoms in total. The zero-order valence-corrected chi connectivity index (χ0v) is 28.3. The number of esters is 2. The summed E-state index contributed by atoms with van der Waals surface area (Å²) in [7, 11) is 0. The van der Waals surface area contributed by atoms with Gasteiger partial charge in [-0.1, -0.05) is 60.1 Å². The summed E-state index contributed by atoms with van der Waals surface area (Å²) in [5, 5.41) is 0. The highest BCUT2D eigenvalue weighted by molar-refractivity contribution is 5.90. The maximum atomic E-state index is 13.3. The van der Waals surface area contributed by atoms with Gasteiger partial charge in [0.05, 0.1) is 11.1 Å². The molecular weight excluding hydrogens is 628 g/mol. The third kappa shape index (κ3) is 11.7. The van der Waals surface area contributed by atoms with Gasteiger partial charge in [0.1, 0.15) is 37.6 Å². The highest BCUT2D eigenvalue weighted by atomic mass is 16.8. The van der Waals surface area contributed by atoms with Crippen molar-refractivity contribution in [2.24, 2.45) is 0 Å². The van der Waals surface area contributed by atoms with Crippen molar-refractivity contribution >= 4 is 11.9 Å². The summed E-state index contributed by atoms with van der Waals surface area (Å²) >= 11 is 0. The normalized spacial score (nSPS) is 24.3. The van der Waals surface area contributed by atoms with E-state index in [4.69, 9.17) is 37.9 Å². The Morgan fingerprint density at radius 2 is 1.10 bits per heavy atom. The van der Waals surface area contributed by atoms with E-state index in [0.29, 0.717) is 24.3 Å². The number of rotatable bonds is 12. The molecule has 0 aliphatic carbocycles. The van der Waals surface area contributed by atoms with Gasteiger partial charge in [0.15, 0.2) is 18.4 Å². The van der Waals surface area contributed by atoms with Crippen LogP contribution in [0.25, 0.3) is 0 Å². The first-order valence-electron chi connectivity index (χ1n) is 17.1. The summed E-state index contributed by atoms with van der Waals surface area (Å²) in [5.41, 5.74) is 0.765. The summed E-state index contributed by atoms with van der Waals surface area (Å²) in [6, 6.07) is 17.4. The van der Waals surface area contributed by atoms with Crippen LogP contribution in [-0.2, 0) is 37.9 Å². The van der Waals surface area contributed by atoms with Crippen LogP contribution in [0.4, 0.5) is 0 Å². The van der Waals surface area contributed by atoms with Crippen LogP contribution < -0.4 is 0 Å². The minimum atomic E-state index is -1.09. The fraction of sp³-hybridized carbons (Fsp3) is 0.538. The van der Waals surface area contributed by atoms with Gasteiger partial charge in [0.2, 0.25) is 0 Å².